The van der Waals surface area contributed by atoms with Crippen LogP contribution in [0.1, 0.15) is 186 Å². The number of rotatable bonds is 19. The van der Waals surface area contributed by atoms with E-state index in [1.807, 2.05) is 0 Å². The van der Waals surface area contributed by atoms with E-state index in [1.165, 1.54) is 51.4 Å². The molecule has 0 radical (unpaired) electrons. The molecule has 1 aromatic heterocycles. The van der Waals surface area contributed by atoms with Crippen LogP contribution in [-0.2, 0) is 14.2 Å². The molecule has 0 aliphatic heterocycles. The summed E-state index contributed by atoms with van der Waals surface area (Å²) in [6, 6.07) is 0. The molecule has 1 aromatic rings. The van der Waals surface area contributed by atoms with Crippen molar-refractivity contribution in [3.8, 4) is 0 Å². The fourth-order valence-electron chi connectivity index (χ4n) is 8.70. The monoisotopic (exact) mass is 701 g/mol. The minimum atomic E-state index is -0.606. The van der Waals surface area contributed by atoms with E-state index in [0.29, 0.717) is 49.9 Å². The highest BCUT2D eigenvalue weighted by atomic mass is 16.6. The maximum atomic E-state index is 12.5. The molecule has 10 unspecified atom stereocenters. The predicted molar refractivity (Wildman–Crippen MR) is 199 cm³/mol. The summed E-state index contributed by atoms with van der Waals surface area (Å²) in [6.45, 7) is 15.6. The third kappa shape index (κ3) is 13.0. The summed E-state index contributed by atoms with van der Waals surface area (Å²) < 4.78 is 18.0. The van der Waals surface area contributed by atoms with Crippen molar-refractivity contribution in [1.29, 1.82) is 0 Å². The van der Waals surface area contributed by atoms with Crippen molar-refractivity contribution in [2.45, 2.75) is 187 Å². The topological polar surface area (TPSA) is 116 Å². The van der Waals surface area contributed by atoms with Gasteiger partial charge in [0.25, 0.3) is 0 Å². The van der Waals surface area contributed by atoms with Gasteiger partial charge in [-0.25, -0.2) is 19.7 Å². The molecule has 3 fully saturated rings. The molecule has 286 valence electrons. The van der Waals surface area contributed by atoms with Gasteiger partial charge in [0.05, 0.1) is 25.4 Å². The molecule has 9 nitrogen and oxygen atoms in total. The minimum absolute atomic E-state index is 0.130. The second kappa shape index (κ2) is 21.6. The number of hydrogen-bond acceptors (Lipinski definition) is 8. The number of ether oxygens (including phenoxy) is 3. The van der Waals surface area contributed by atoms with Gasteiger partial charge in [-0.3, -0.25) is 0 Å². The first-order valence-corrected chi connectivity index (χ1v) is 20.8. The number of nitrogens with zero attached hydrogens (tertiary/aromatic N) is 3. The van der Waals surface area contributed by atoms with Crippen molar-refractivity contribution in [3.05, 3.63) is 17.5 Å². The zero-order valence-corrected chi connectivity index (χ0v) is 32.5. The lowest BCUT2D eigenvalue weighted by molar-refractivity contribution is -0.0752. The number of hydrogen-bond donors (Lipinski definition) is 2. The summed E-state index contributed by atoms with van der Waals surface area (Å²) in [4.78, 5) is 28.1. The molecule has 0 aromatic carbocycles. The molecular weight excluding hydrogens is 628 g/mol. The molecule has 50 heavy (non-hydrogen) atoms. The Labute approximate surface area is 304 Å². The number of nitrogens with one attached hydrogen (secondary N) is 1. The van der Waals surface area contributed by atoms with Crippen molar-refractivity contribution in [2.75, 3.05) is 26.4 Å². The van der Waals surface area contributed by atoms with Crippen LogP contribution in [0.2, 0.25) is 0 Å². The van der Waals surface area contributed by atoms with Crippen LogP contribution in [0, 0.1) is 23.7 Å². The first-order valence-electron chi connectivity index (χ1n) is 20.8. The van der Waals surface area contributed by atoms with E-state index in [0.717, 1.165) is 80.7 Å². The van der Waals surface area contributed by atoms with Crippen LogP contribution in [-0.4, -0.2) is 70.8 Å². The van der Waals surface area contributed by atoms with Crippen molar-refractivity contribution >= 4 is 6.09 Å². The Morgan fingerprint density at radius 1 is 0.720 bits per heavy atom. The highest BCUT2D eigenvalue weighted by Gasteiger charge is 2.37. The third-order valence-corrected chi connectivity index (χ3v) is 11.9. The molecule has 4 rings (SSSR count). The first kappa shape index (κ1) is 40.9. The molecule has 1 heterocycles. The molecule has 3 aliphatic carbocycles. The van der Waals surface area contributed by atoms with Crippen molar-refractivity contribution < 1.29 is 24.1 Å². The number of aliphatic hydroxyl groups excluding tert-OH is 1. The lowest BCUT2D eigenvalue weighted by Crippen LogP contribution is -2.38. The normalized spacial score (nSPS) is 30.9. The van der Waals surface area contributed by atoms with E-state index in [1.54, 1.807) is 0 Å². The Hall–Kier alpha value is -1.84. The highest BCUT2D eigenvalue weighted by Crippen LogP contribution is 2.43. The van der Waals surface area contributed by atoms with E-state index >= 15 is 0 Å². The molecule has 10 atom stereocenters. The van der Waals surface area contributed by atoms with Gasteiger partial charge in [0.2, 0.25) is 0 Å². The molecule has 9 heteroatoms. The van der Waals surface area contributed by atoms with E-state index in [-0.39, 0.29) is 18.6 Å². The summed E-state index contributed by atoms with van der Waals surface area (Å²) in [5, 5.41) is 14.4. The number of unbranched alkanes of at least 4 members (excludes halogenated alkanes) is 6. The van der Waals surface area contributed by atoms with Gasteiger partial charge >= 0.3 is 6.09 Å². The van der Waals surface area contributed by atoms with Crippen LogP contribution < -0.4 is 5.32 Å². The number of aliphatic hydroxyl groups is 1. The van der Waals surface area contributed by atoms with Crippen LogP contribution in [0.5, 0.6) is 0 Å². The molecule has 3 saturated carbocycles. The number of carbonyl (C=O) groups excluding carboxylic acids is 1. The Morgan fingerprint density at radius 2 is 1.28 bits per heavy atom. The Bertz CT molecular complexity index is 1080. The maximum Gasteiger partial charge on any atom is 0.407 e. The number of amides is 1. The smallest absolute Gasteiger partial charge is 0.407 e. The zero-order chi connectivity index (χ0) is 35.9. The van der Waals surface area contributed by atoms with E-state index < -0.39 is 18.3 Å². The second-order valence-corrected chi connectivity index (χ2v) is 16.5. The average Bonchev–Trinajstić information content (AvgIpc) is 3.08. The standard InChI is InChI=1S/C41H72N4O5/c1-7-9-11-12-13-14-22-48-26-33(50-41(47)42-21-10-8-2)27-49-32-17-20-36(37(46)25-32)40-44-38(34-18-15-28(3)23-30(34)5)43-39(45-40)35-19-16-29(4)24-31(35)6/h28-37,46H,7-27H2,1-6H3,(H,42,47). The molecule has 2 N–H and O–H groups in total. The predicted octanol–water partition coefficient (Wildman–Crippen LogP) is 9.24. The largest absolute Gasteiger partial charge is 0.441 e. The molecule has 3 aliphatic rings. The SMILES string of the molecule is CCCCCCCCOCC(COC1CCC(c2nc(C3CCC(C)CC3C)nc(C3CCC(C)CC3C)n2)C(O)C1)OC(=O)NCCCC. The van der Waals surface area contributed by atoms with Crippen LogP contribution >= 0.6 is 0 Å². The second-order valence-electron chi connectivity index (χ2n) is 16.5. The fourth-order valence-corrected chi connectivity index (χ4v) is 8.70. The molecule has 0 saturated heterocycles. The lowest BCUT2D eigenvalue weighted by atomic mass is 9.74. The van der Waals surface area contributed by atoms with Crippen molar-refractivity contribution in [1.82, 2.24) is 20.3 Å². The van der Waals surface area contributed by atoms with Crippen LogP contribution in [0.4, 0.5) is 4.79 Å². The van der Waals surface area contributed by atoms with Crippen LogP contribution in [0.15, 0.2) is 0 Å². The summed E-state index contributed by atoms with van der Waals surface area (Å²) in [6.07, 6.45) is 16.6. The lowest BCUT2D eigenvalue weighted by Gasteiger charge is -2.36. The Balaban J connectivity index is 1.37. The maximum absolute atomic E-state index is 12.5. The van der Waals surface area contributed by atoms with Gasteiger partial charge in [0.1, 0.15) is 17.5 Å². The Morgan fingerprint density at radius 3 is 1.86 bits per heavy atom. The highest BCUT2D eigenvalue weighted by molar-refractivity contribution is 5.67. The van der Waals surface area contributed by atoms with Crippen molar-refractivity contribution in [2.24, 2.45) is 23.7 Å². The third-order valence-electron chi connectivity index (χ3n) is 11.9. The van der Waals surface area contributed by atoms with E-state index in [9.17, 15) is 9.90 Å². The van der Waals surface area contributed by atoms with Gasteiger partial charge in [0.15, 0.2) is 6.10 Å². The molecule has 1 amide bonds. The summed E-state index contributed by atoms with van der Waals surface area (Å²) in [7, 11) is 0. The fraction of sp³-hybridized carbons (Fsp3) is 0.902. The first-order chi connectivity index (χ1) is 24.2. The van der Waals surface area contributed by atoms with Gasteiger partial charge in [-0.2, -0.15) is 0 Å². The minimum Gasteiger partial charge on any atom is -0.441 e. The van der Waals surface area contributed by atoms with Crippen LogP contribution in [0.25, 0.3) is 0 Å². The van der Waals surface area contributed by atoms with Gasteiger partial charge in [-0.05, 0) is 87.9 Å². The summed E-state index contributed by atoms with van der Waals surface area (Å²) >= 11 is 0. The van der Waals surface area contributed by atoms with Gasteiger partial charge in [-0.1, -0.05) is 80.1 Å². The quantitative estimate of drug-likeness (QED) is 0.137. The summed E-state index contributed by atoms with van der Waals surface area (Å²) in [5.74, 6) is 5.82. The number of carbonyl (C=O) groups is 1. The number of alkyl carbamates (subject to hydrolysis) is 1. The number of aromatic nitrogens is 3. The molecule has 0 spiro atoms. The van der Waals surface area contributed by atoms with Gasteiger partial charge in [-0.15, -0.1) is 0 Å². The summed E-state index contributed by atoms with van der Waals surface area (Å²) in [5.41, 5.74) is 0. The average molecular weight is 701 g/mol. The van der Waals surface area contributed by atoms with Crippen molar-refractivity contribution in [3.63, 3.8) is 0 Å². The van der Waals surface area contributed by atoms with Gasteiger partial charge < -0.3 is 24.6 Å². The van der Waals surface area contributed by atoms with Gasteiger partial charge in [0, 0.05) is 37.3 Å². The molecule has 0 bridgehead atoms. The molecular formula is C41H72N4O5. The Kier molecular flexibility index (Phi) is 17.7. The van der Waals surface area contributed by atoms with E-state index in [2.05, 4.69) is 46.9 Å². The van der Waals surface area contributed by atoms with Crippen LogP contribution in [0.3, 0.4) is 0 Å². The zero-order valence-electron chi connectivity index (χ0n) is 32.5. The van der Waals surface area contributed by atoms with E-state index in [4.69, 9.17) is 29.2 Å².